The Kier molecular flexibility index (Phi) is 2.14. The average Bonchev–Trinajstić information content (AvgIpc) is 2.05. The summed E-state index contributed by atoms with van der Waals surface area (Å²) >= 11 is 0. The predicted octanol–water partition coefficient (Wildman–Crippen LogP) is 2.81. The summed E-state index contributed by atoms with van der Waals surface area (Å²) in [5, 5.41) is 8.67. The number of hydrogen-bond donors (Lipinski definition) is 0. The van der Waals surface area contributed by atoms with Crippen LogP contribution in [0, 0.1) is 16.7 Å². The van der Waals surface area contributed by atoms with Crippen LogP contribution in [0.25, 0.3) is 0 Å². The third kappa shape index (κ3) is 1.71. The maximum Gasteiger partial charge on any atom is 0.0947 e. The molecule has 0 radical (unpaired) electrons. The first-order valence-electron chi connectivity index (χ1n) is 3.99. The summed E-state index contributed by atoms with van der Waals surface area (Å²) in [4.78, 5) is 0. The summed E-state index contributed by atoms with van der Waals surface area (Å²) in [5.41, 5.74) is 1.12. The predicted molar refractivity (Wildman–Crippen MR) is 45.9 cm³/mol. The first kappa shape index (κ1) is 8.07. The summed E-state index contributed by atoms with van der Waals surface area (Å²) in [5.74, 6) is 0. The number of rotatable bonds is 1. The lowest BCUT2D eigenvalue weighted by molar-refractivity contribution is 0.407. The highest BCUT2D eigenvalue weighted by atomic mass is 14.3. The van der Waals surface area contributed by atoms with Crippen molar-refractivity contribution >= 4 is 0 Å². The van der Waals surface area contributed by atoms with Crippen molar-refractivity contribution in [1.82, 2.24) is 0 Å². The summed E-state index contributed by atoms with van der Waals surface area (Å²) in [7, 11) is 0. The van der Waals surface area contributed by atoms with Crippen molar-refractivity contribution in [3.8, 4) is 6.07 Å². The van der Waals surface area contributed by atoms with E-state index in [4.69, 9.17) is 5.26 Å². The molecule has 11 heavy (non-hydrogen) atoms. The van der Waals surface area contributed by atoms with E-state index in [0.717, 1.165) is 18.4 Å². The van der Waals surface area contributed by atoms with Crippen molar-refractivity contribution in [2.24, 2.45) is 5.41 Å². The van der Waals surface area contributed by atoms with Crippen LogP contribution in [0.2, 0.25) is 0 Å². The van der Waals surface area contributed by atoms with Crippen molar-refractivity contribution in [3.05, 3.63) is 23.8 Å². The second kappa shape index (κ2) is 2.92. The van der Waals surface area contributed by atoms with Gasteiger partial charge in [-0.3, -0.25) is 0 Å². The molecular weight excluding hydrogens is 134 g/mol. The van der Waals surface area contributed by atoms with Gasteiger partial charge < -0.3 is 0 Å². The zero-order valence-corrected chi connectivity index (χ0v) is 7.09. The molecule has 0 fully saturated rings. The maximum atomic E-state index is 8.67. The molecule has 0 N–H and O–H groups in total. The van der Waals surface area contributed by atoms with Crippen LogP contribution in [-0.2, 0) is 0 Å². The van der Waals surface area contributed by atoms with Crippen LogP contribution in [0.15, 0.2) is 23.8 Å². The molecule has 1 aliphatic rings. The van der Waals surface area contributed by atoms with Crippen molar-refractivity contribution in [3.63, 3.8) is 0 Å². The minimum Gasteiger partial charge on any atom is -0.193 e. The minimum absolute atomic E-state index is 0.222. The number of nitriles is 1. The van der Waals surface area contributed by atoms with E-state index >= 15 is 0 Å². The molecule has 1 unspecified atom stereocenters. The highest BCUT2D eigenvalue weighted by molar-refractivity contribution is 5.32. The molecule has 1 atom stereocenters. The summed E-state index contributed by atoms with van der Waals surface area (Å²) in [6, 6.07) is 2.20. The minimum atomic E-state index is 0.222. The zero-order valence-electron chi connectivity index (χ0n) is 7.09. The molecule has 0 amide bonds. The van der Waals surface area contributed by atoms with Crippen molar-refractivity contribution in [2.45, 2.75) is 26.7 Å². The topological polar surface area (TPSA) is 23.8 Å². The molecule has 58 valence electrons. The van der Waals surface area contributed by atoms with Gasteiger partial charge in [0.2, 0.25) is 0 Å². The van der Waals surface area contributed by atoms with Crippen LogP contribution < -0.4 is 0 Å². The molecule has 0 saturated heterocycles. The Morgan fingerprint density at radius 1 is 1.73 bits per heavy atom. The summed E-state index contributed by atoms with van der Waals surface area (Å²) < 4.78 is 0. The van der Waals surface area contributed by atoms with Gasteiger partial charge in [0, 0.05) is 5.57 Å². The highest BCUT2D eigenvalue weighted by Crippen LogP contribution is 2.33. The third-order valence-electron chi connectivity index (χ3n) is 2.34. The average molecular weight is 147 g/mol. The SMILES string of the molecule is CCC1(C)C=CC=C(C#N)C1. The second-order valence-electron chi connectivity index (χ2n) is 3.35. The molecule has 1 aliphatic carbocycles. The molecule has 0 aromatic heterocycles. The quantitative estimate of drug-likeness (QED) is 0.559. The fourth-order valence-corrected chi connectivity index (χ4v) is 1.27. The second-order valence-corrected chi connectivity index (χ2v) is 3.35. The molecule has 0 aromatic carbocycles. The van der Waals surface area contributed by atoms with Gasteiger partial charge in [0.05, 0.1) is 6.07 Å². The molecule has 0 saturated carbocycles. The first-order chi connectivity index (χ1) is 5.20. The van der Waals surface area contributed by atoms with E-state index in [1.165, 1.54) is 0 Å². The Balaban J connectivity index is 2.78. The molecule has 0 bridgehead atoms. The highest BCUT2D eigenvalue weighted by Gasteiger charge is 2.21. The molecule has 0 heterocycles. The Hall–Kier alpha value is -1.03. The molecule has 0 aromatic rings. The van der Waals surface area contributed by atoms with Gasteiger partial charge in [0.1, 0.15) is 0 Å². The van der Waals surface area contributed by atoms with Gasteiger partial charge >= 0.3 is 0 Å². The van der Waals surface area contributed by atoms with Crippen molar-refractivity contribution in [1.29, 1.82) is 5.26 Å². The maximum absolute atomic E-state index is 8.67. The van der Waals surface area contributed by atoms with Gasteiger partial charge in [0.15, 0.2) is 0 Å². The lowest BCUT2D eigenvalue weighted by Gasteiger charge is -2.25. The van der Waals surface area contributed by atoms with E-state index in [2.05, 4.69) is 26.0 Å². The van der Waals surface area contributed by atoms with E-state index < -0.39 is 0 Å². The van der Waals surface area contributed by atoms with Gasteiger partial charge in [-0.1, -0.05) is 26.0 Å². The molecular formula is C10H13N. The Labute approximate surface area is 68.0 Å². The van der Waals surface area contributed by atoms with Gasteiger partial charge in [-0.2, -0.15) is 5.26 Å². The Morgan fingerprint density at radius 3 is 3.00 bits per heavy atom. The van der Waals surface area contributed by atoms with E-state index in [9.17, 15) is 0 Å². The number of allylic oxidation sites excluding steroid dienone is 4. The van der Waals surface area contributed by atoms with Gasteiger partial charge in [-0.25, -0.2) is 0 Å². The van der Waals surface area contributed by atoms with Gasteiger partial charge in [-0.15, -0.1) is 0 Å². The summed E-state index contributed by atoms with van der Waals surface area (Å²) in [6.45, 7) is 4.35. The van der Waals surface area contributed by atoms with Crippen LogP contribution in [0.3, 0.4) is 0 Å². The zero-order chi connectivity index (χ0) is 8.32. The fraction of sp³-hybridized carbons (Fsp3) is 0.500. The van der Waals surface area contributed by atoms with E-state index in [0.29, 0.717) is 0 Å². The molecule has 0 spiro atoms. The van der Waals surface area contributed by atoms with Crippen molar-refractivity contribution < 1.29 is 0 Å². The van der Waals surface area contributed by atoms with Crippen LogP contribution in [0.4, 0.5) is 0 Å². The lowest BCUT2D eigenvalue weighted by Crippen LogP contribution is -2.14. The van der Waals surface area contributed by atoms with Crippen LogP contribution >= 0.6 is 0 Å². The normalized spacial score (nSPS) is 29.4. The standard InChI is InChI=1S/C10H13N/c1-3-10(2)6-4-5-9(7-10)8-11/h4-6H,3,7H2,1-2H3. The van der Waals surface area contributed by atoms with E-state index in [1.54, 1.807) is 0 Å². The smallest absolute Gasteiger partial charge is 0.0947 e. The lowest BCUT2D eigenvalue weighted by atomic mass is 9.78. The van der Waals surface area contributed by atoms with E-state index in [-0.39, 0.29) is 5.41 Å². The van der Waals surface area contributed by atoms with Crippen LogP contribution in [0.5, 0.6) is 0 Å². The van der Waals surface area contributed by atoms with E-state index in [1.807, 2.05) is 12.2 Å². The fourth-order valence-electron chi connectivity index (χ4n) is 1.27. The van der Waals surface area contributed by atoms with Crippen molar-refractivity contribution in [2.75, 3.05) is 0 Å². The van der Waals surface area contributed by atoms with Gasteiger partial charge in [-0.05, 0) is 24.3 Å². The molecule has 1 nitrogen and oxygen atoms in total. The Morgan fingerprint density at radius 2 is 2.45 bits per heavy atom. The monoisotopic (exact) mass is 147 g/mol. The number of nitrogens with zero attached hydrogens (tertiary/aromatic N) is 1. The molecule has 1 heteroatoms. The molecule has 1 rings (SSSR count). The third-order valence-corrected chi connectivity index (χ3v) is 2.34. The summed E-state index contributed by atoms with van der Waals surface area (Å²) in [6.07, 6.45) is 8.08. The number of hydrogen-bond acceptors (Lipinski definition) is 1. The largest absolute Gasteiger partial charge is 0.193 e. The Bertz CT molecular complexity index is 242. The van der Waals surface area contributed by atoms with Crippen LogP contribution in [-0.4, -0.2) is 0 Å². The van der Waals surface area contributed by atoms with Crippen LogP contribution in [0.1, 0.15) is 26.7 Å². The van der Waals surface area contributed by atoms with Gasteiger partial charge in [0.25, 0.3) is 0 Å². The first-order valence-corrected chi connectivity index (χ1v) is 3.99. The molecule has 0 aliphatic heterocycles.